The van der Waals surface area contributed by atoms with Gasteiger partial charge in [-0.1, -0.05) is 77.0 Å². The van der Waals surface area contributed by atoms with Crippen molar-refractivity contribution in [1.29, 1.82) is 0 Å². The van der Waals surface area contributed by atoms with Crippen LogP contribution in [0.5, 0.6) is 0 Å². The lowest BCUT2D eigenvalue weighted by molar-refractivity contribution is 0.0382. The fraction of sp³-hybridized carbons (Fsp3) is 0.786. The van der Waals surface area contributed by atoms with Crippen molar-refractivity contribution in [2.45, 2.75) is 92.6 Å². The standard InChI is InChI=1S/C28H44O/c1-18(2)19(3)7-8-20(4)24-11-12-25-23-10-9-21-17-22(29)13-15-27(21,5)26(23)14-16-28(24,25)6/h7-10,18-20,22,24-26,29H,11-17H2,1-6H3/t19?,20-,22+,24-,25+,26+,27+,28-/m1/s1. The molecule has 1 nitrogen and oxygen atoms in total. The maximum absolute atomic E-state index is 10.2. The lowest BCUT2D eigenvalue weighted by Gasteiger charge is -2.55. The molecule has 3 saturated carbocycles. The van der Waals surface area contributed by atoms with E-state index < -0.39 is 0 Å². The minimum absolute atomic E-state index is 0.116. The Morgan fingerprint density at radius 3 is 2.41 bits per heavy atom. The summed E-state index contributed by atoms with van der Waals surface area (Å²) in [4.78, 5) is 0. The van der Waals surface area contributed by atoms with E-state index in [1.165, 1.54) is 37.7 Å². The molecule has 29 heavy (non-hydrogen) atoms. The second-order valence-corrected chi connectivity index (χ2v) is 11.9. The molecular weight excluding hydrogens is 352 g/mol. The minimum Gasteiger partial charge on any atom is -0.393 e. The van der Waals surface area contributed by atoms with Crippen LogP contribution >= 0.6 is 0 Å². The van der Waals surface area contributed by atoms with Gasteiger partial charge in [-0.3, -0.25) is 0 Å². The van der Waals surface area contributed by atoms with E-state index in [4.69, 9.17) is 0 Å². The SMILES string of the molecule is CC(C)C(C)C=C[C@@H](C)[C@H]1CC[C@H]2C3=CC=C4C[C@@H](O)CC[C@]4(C)[C@H]3CC[C@]12C. The molecule has 0 aromatic heterocycles. The molecule has 4 rings (SSSR count). The van der Waals surface area contributed by atoms with E-state index in [0.29, 0.717) is 22.7 Å². The fourth-order valence-electron chi connectivity index (χ4n) is 7.59. The average Bonchev–Trinajstić information content (AvgIpc) is 3.03. The Morgan fingerprint density at radius 2 is 1.69 bits per heavy atom. The highest BCUT2D eigenvalue weighted by atomic mass is 16.3. The molecule has 0 aromatic rings. The maximum Gasteiger partial charge on any atom is 0.0578 e. The van der Waals surface area contributed by atoms with Crippen molar-refractivity contribution in [3.63, 3.8) is 0 Å². The molecule has 8 atom stereocenters. The van der Waals surface area contributed by atoms with E-state index in [0.717, 1.165) is 36.5 Å². The predicted molar refractivity (Wildman–Crippen MR) is 123 cm³/mol. The minimum atomic E-state index is -0.116. The van der Waals surface area contributed by atoms with Crippen LogP contribution in [0.15, 0.2) is 35.5 Å². The summed E-state index contributed by atoms with van der Waals surface area (Å²) in [6, 6.07) is 0. The van der Waals surface area contributed by atoms with Crippen LogP contribution < -0.4 is 0 Å². The summed E-state index contributed by atoms with van der Waals surface area (Å²) in [6.07, 6.45) is 18.4. The van der Waals surface area contributed by atoms with Gasteiger partial charge in [0.15, 0.2) is 0 Å². The zero-order valence-corrected chi connectivity index (χ0v) is 19.7. The molecule has 0 radical (unpaired) electrons. The van der Waals surface area contributed by atoms with Gasteiger partial charge in [0.05, 0.1) is 6.10 Å². The Bertz CT molecular complexity index is 712. The van der Waals surface area contributed by atoms with Gasteiger partial charge in [0.2, 0.25) is 0 Å². The summed E-state index contributed by atoms with van der Waals surface area (Å²) in [5, 5.41) is 10.2. The van der Waals surface area contributed by atoms with Gasteiger partial charge in [0.25, 0.3) is 0 Å². The van der Waals surface area contributed by atoms with Gasteiger partial charge in [0, 0.05) is 0 Å². The number of rotatable bonds is 4. The Hall–Kier alpha value is -0.820. The number of fused-ring (bicyclic) bond motifs is 5. The largest absolute Gasteiger partial charge is 0.393 e. The van der Waals surface area contributed by atoms with E-state index >= 15 is 0 Å². The smallest absolute Gasteiger partial charge is 0.0578 e. The summed E-state index contributed by atoms with van der Waals surface area (Å²) in [5.41, 5.74) is 4.07. The second kappa shape index (κ2) is 7.70. The highest BCUT2D eigenvalue weighted by Gasteiger charge is 2.56. The van der Waals surface area contributed by atoms with Gasteiger partial charge in [-0.25, -0.2) is 0 Å². The molecule has 0 spiro atoms. The van der Waals surface area contributed by atoms with Crippen LogP contribution in [0, 0.1) is 46.3 Å². The first-order valence-electron chi connectivity index (χ1n) is 12.4. The topological polar surface area (TPSA) is 20.2 Å². The first-order valence-corrected chi connectivity index (χ1v) is 12.4. The molecular formula is C28H44O. The quantitative estimate of drug-likeness (QED) is 0.493. The van der Waals surface area contributed by atoms with E-state index in [-0.39, 0.29) is 6.10 Å². The molecule has 0 amide bonds. The summed E-state index contributed by atoms with van der Waals surface area (Å²) < 4.78 is 0. The number of allylic oxidation sites excluding steroid dienone is 5. The Morgan fingerprint density at radius 1 is 0.931 bits per heavy atom. The number of aliphatic hydroxyl groups is 1. The lowest BCUT2D eigenvalue weighted by atomic mass is 9.50. The third-order valence-electron chi connectivity index (χ3n) is 10.0. The van der Waals surface area contributed by atoms with Gasteiger partial charge in [0.1, 0.15) is 0 Å². The summed E-state index contributed by atoms with van der Waals surface area (Å²) in [7, 11) is 0. The molecule has 0 saturated heterocycles. The monoisotopic (exact) mass is 396 g/mol. The molecule has 4 aliphatic carbocycles. The maximum atomic E-state index is 10.2. The van der Waals surface area contributed by atoms with Crippen LogP contribution in [0.3, 0.4) is 0 Å². The summed E-state index contributed by atoms with van der Waals surface area (Å²) >= 11 is 0. The van der Waals surface area contributed by atoms with E-state index in [1.54, 1.807) is 5.57 Å². The predicted octanol–water partition coefficient (Wildman–Crippen LogP) is 7.33. The van der Waals surface area contributed by atoms with Crippen molar-refractivity contribution in [1.82, 2.24) is 0 Å². The number of aliphatic hydroxyl groups excluding tert-OH is 1. The zero-order chi connectivity index (χ0) is 21.0. The van der Waals surface area contributed by atoms with Gasteiger partial charge >= 0.3 is 0 Å². The van der Waals surface area contributed by atoms with Crippen molar-refractivity contribution < 1.29 is 5.11 Å². The highest BCUT2D eigenvalue weighted by Crippen LogP contribution is 2.65. The van der Waals surface area contributed by atoms with Gasteiger partial charge in [-0.15, -0.1) is 0 Å². The third-order valence-corrected chi connectivity index (χ3v) is 10.0. The van der Waals surface area contributed by atoms with Gasteiger partial charge < -0.3 is 5.11 Å². The van der Waals surface area contributed by atoms with Crippen LogP contribution in [0.4, 0.5) is 0 Å². The third kappa shape index (κ3) is 3.50. The second-order valence-electron chi connectivity index (χ2n) is 11.9. The van der Waals surface area contributed by atoms with Crippen molar-refractivity contribution in [3.8, 4) is 0 Å². The summed E-state index contributed by atoms with van der Waals surface area (Å²) in [6.45, 7) is 14.6. The molecule has 0 aromatic carbocycles. The van der Waals surface area contributed by atoms with E-state index in [2.05, 4.69) is 65.8 Å². The van der Waals surface area contributed by atoms with Gasteiger partial charge in [-0.2, -0.15) is 0 Å². The van der Waals surface area contributed by atoms with Crippen LogP contribution in [-0.4, -0.2) is 11.2 Å². The molecule has 3 fully saturated rings. The molecule has 162 valence electrons. The van der Waals surface area contributed by atoms with Crippen molar-refractivity contribution in [2.24, 2.45) is 46.3 Å². The average molecular weight is 397 g/mol. The first kappa shape index (κ1) is 21.4. The molecule has 1 heteroatoms. The molecule has 0 aliphatic heterocycles. The van der Waals surface area contributed by atoms with Crippen LogP contribution in [0.25, 0.3) is 0 Å². The lowest BCUT2D eigenvalue weighted by Crippen LogP contribution is -2.46. The Labute approximate surface area is 179 Å². The van der Waals surface area contributed by atoms with Crippen molar-refractivity contribution in [3.05, 3.63) is 35.5 Å². The van der Waals surface area contributed by atoms with Crippen LogP contribution in [0.1, 0.15) is 86.5 Å². The molecule has 1 unspecified atom stereocenters. The van der Waals surface area contributed by atoms with Crippen LogP contribution in [0.2, 0.25) is 0 Å². The molecule has 4 aliphatic rings. The first-order chi connectivity index (χ1) is 13.7. The Balaban J connectivity index is 1.57. The van der Waals surface area contributed by atoms with E-state index in [9.17, 15) is 5.11 Å². The van der Waals surface area contributed by atoms with Crippen LogP contribution in [-0.2, 0) is 0 Å². The molecule has 0 bridgehead atoms. The summed E-state index contributed by atoms with van der Waals surface area (Å²) in [5.74, 6) is 4.38. The highest BCUT2D eigenvalue weighted by molar-refractivity contribution is 5.39. The zero-order valence-electron chi connectivity index (χ0n) is 19.7. The van der Waals surface area contributed by atoms with Gasteiger partial charge in [-0.05, 0) is 91.3 Å². The Kier molecular flexibility index (Phi) is 5.69. The molecule has 1 N–H and O–H groups in total. The normalized spacial score (nSPS) is 44.0. The van der Waals surface area contributed by atoms with Crippen molar-refractivity contribution in [2.75, 3.05) is 0 Å². The number of hydrogen-bond acceptors (Lipinski definition) is 1. The number of hydrogen-bond donors (Lipinski definition) is 1. The fourth-order valence-corrected chi connectivity index (χ4v) is 7.59. The molecule has 0 heterocycles. The van der Waals surface area contributed by atoms with E-state index in [1.807, 2.05) is 0 Å². The van der Waals surface area contributed by atoms with Crippen molar-refractivity contribution >= 4 is 0 Å².